The van der Waals surface area contributed by atoms with Gasteiger partial charge in [-0.25, -0.2) is 9.97 Å². The van der Waals surface area contributed by atoms with Crippen LogP contribution in [0.1, 0.15) is 0 Å². The van der Waals surface area contributed by atoms with Crippen LogP contribution in [-0.2, 0) is 0 Å². The largest absolute Gasteiger partial charge is 0.455 e. The van der Waals surface area contributed by atoms with E-state index in [2.05, 4.69) is 138 Å². The lowest BCUT2D eigenvalue weighted by molar-refractivity contribution is 0.670. The van der Waals surface area contributed by atoms with Crippen LogP contribution in [0.4, 0.5) is 0 Å². The molecule has 0 atom stereocenters. The lowest BCUT2D eigenvalue weighted by atomic mass is 9.95. The van der Waals surface area contributed by atoms with E-state index in [1.54, 1.807) is 0 Å². The van der Waals surface area contributed by atoms with Gasteiger partial charge in [-0.15, -0.1) is 0 Å². The summed E-state index contributed by atoms with van der Waals surface area (Å²) in [5.74, 6) is 0.588. The van der Waals surface area contributed by atoms with E-state index in [4.69, 9.17) is 18.8 Å². The number of aromatic nitrogens is 3. The van der Waals surface area contributed by atoms with Gasteiger partial charge < -0.3 is 8.83 Å². The van der Waals surface area contributed by atoms with Crippen molar-refractivity contribution < 1.29 is 8.83 Å². The first kappa shape index (κ1) is 28.5. The Hall–Kier alpha value is -7.24. The highest BCUT2D eigenvalue weighted by molar-refractivity contribution is 6.29. The van der Waals surface area contributed by atoms with Crippen molar-refractivity contribution in [2.45, 2.75) is 0 Å². The third kappa shape index (κ3) is 3.96. The molecular weight excluding hydrogens is 651 g/mol. The molecular formula is C48H27N3O2. The van der Waals surface area contributed by atoms with E-state index < -0.39 is 0 Å². The van der Waals surface area contributed by atoms with Gasteiger partial charge in [0.15, 0.2) is 0 Å². The number of benzene rings is 8. The molecule has 0 unspecified atom stereocenters. The SMILES string of the molecule is c1ccc(-c2cc3oc4c(ccc5c4c4ccccc4n5-c4nc(-c5cccc6c5oc5ccccc56)c5ccccc5n4)c3c3ccccc23)cc1. The highest BCUT2D eigenvalue weighted by Gasteiger charge is 2.23. The van der Waals surface area contributed by atoms with Crippen LogP contribution < -0.4 is 0 Å². The quantitative estimate of drug-likeness (QED) is 0.187. The predicted octanol–water partition coefficient (Wildman–Crippen LogP) is 13.0. The molecule has 0 bridgehead atoms. The normalized spacial score (nSPS) is 12.2. The molecule has 53 heavy (non-hydrogen) atoms. The first-order valence-corrected chi connectivity index (χ1v) is 17.8. The van der Waals surface area contributed by atoms with E-state index in [9.17, 15) is 0 Å². The number of hydrogen-bond acceptors (Lipinski definition) is 4. The number of nitrogens with zero attached hydrogens (tertiary/aromatic N) is 3. The lowest BCUT2D eigenvalue weighted by Crippen LogP contribution is -2.03. The first-order valence-electron chi connectivity index (χ1n) is 17.8. The van der Waals surface area contributed by atoms with E-state index >= 15 is 0 Å². The zero-order valence-corrected chi connectivity index (χ0v) is 28.2. The van der Waals surface area contributed by atoms with Gasteiger partial charge in [0.1, 0.15) is 22.3 Å². The van der Waals surface area contributed by atoms with E-state index in [0.29, 0.717) is 5.95 Å². The highest BCUT2D eigenvalue weighted by Crippen LogP contribution is 2.45. The maximum atomic E-state index is 6.97. The fraction of sp³-hybridized carbons (Fsp3) is 0. The Morgan fingerprint density at radius 1 is 0.396 bits per heavy atom. The molecule has 0 saturated carbocycles. The summed E-state index contributed by atoms with van der Waals surface area (Å²) >= 11 is 0. The molecule has 0 aliphatic heterocycles. The topological polar surface area (TPSA) is 57.0 Å². The molecule has 0 aliphatic carbocycles. The zero-order valence-electron chi connectivity index (χ0n) is 28.2. The van der Waals surface area contributed by atoms with Gasteiger partial charge in [0, 0.05) is 37.9 Å². The molecule has 12 rings (SSSR count). The van der Waals surface area contributed by atoms with Crippen LogP contribution in [0.2, 0.25) is 0 Å². The van der Waals surface area contributed by atoms with Crippen LogP contribution in [-0.4, -0.2) is 14.5 Å². The van der Waals surface area contributed by atoms with Crippen LogP contribution in [0.15, 0.2) is 173 Å². The summed E-state index contributed by atoms with van der Waals surface area (Å²) in [7, 11) is 0. The molecule has 5 heteroatoms. The molecule has 0 fully saturated rings. The smallest absolute Gasteiger partial charge is 0.235 e. The highest BCUT2D eigenvalue weighted by atomic mass is 16.3. The minimum Gasteiger partial charge on any atom is -0.455 e. The van der Waals surface area contributed by atoms with Crippen LogP contribution in [0.25, 0.3) is 116 Å². The van der Waals surface area contributed by atoms with Crippen LogP contribution >= 0.6 is 0 Å². The summed E-state index contributed by atoms with van der Waals surface area (Å²) < 4.78 is 15.7. The average Bonchev–Trinajstić information content (AvgIpc) is 3.90. The van der Waals surface area contributed by atoms with E-state index in [1.807, 2.05) is 30.3 Å². The monoisotopic (exact) mass is 677 g/mol. The summed E-state index contributed by atoms with van der Waals surface area (Å²) in [6.45, 7) is 0. The van der Waals surface area contributed by atoms with Gasteiger partial charge in [0.25, 0.3) is 0 Å². The Morgan fingerprint density at radius 2 is 1.09 bits per heavy atom. The summed E-state index contributed by atoms with van der Waals surface area (Å²) in [4.78, 5) is 10.6. The molecule has 0 radical (unpaired) electrons. The van der Waals surface area contributed by atoms with Gasteiger partial charge in [-0.1, -0.05) is 121 Å². The molecule has 5 nitrogen and oxygen atoms in total. The maximum Gasteiger partial charge on any atom is 0.235 e. The van der Waals surface area contributed by atoms with Gasteiger partial charge in [-0.05, 0) is 64.4 Å². The molecule has 8 aromatic carbocycles. The summed E-state index contributed by atoms with van der Waals surface area (Å²) in [6.07, 6.45) is 0. The van der Waals surface area contributed by atoms with Gasteiger partial charge in [0.05, 0.1) is 27.6 Å². The fourth-order valence-corrected chi connectivity index (χ4v) is 8.52. The van der Waals surface area contributed by atoms with Crippen LogP contribution in [0, 0.1) is 0 Å². The maximum absolute atomic E-state index is 6.97. The number of rotatable bonds is 3. The van der Waals surface area contributed by atoms with Crippen LogP contribution in [0.5, 0.6) is 0 Å². The van der Waals surface area contributed by atoms with Gasteiger partial charge >= 0.3 is 0 Å². The van der Waals surface area contributed by atoms with Gasteiger partial charge in [-0.2, -0.15) is 0 Å². The average molecular weight is 678 g/mol. The van der Waals surface area contributed by atoms with E-state index in [0.717, 1.165) is 99.0 Å². The van der Waals surface area contributed by atoms with Crippen LogP contribution in [0.3, 0.4) is 0 Å². The Balaban J connectivity index is 1.17. The van der Waals surface area contributed by atoms with E-state index in [-0.39, 0.29) is 0 Å². The van der Waals surface area contributed by atoms with Crippen molar-refractivity contribution in [3.63, 3.8) is 0 Å². The summed E-state index contributed by atoms with van der Waals surface area (Å²) in [5, 5.41) is 9.82. The van der Waals surface area contributed by atoms with E-state index in [1.165, 1.54) is 10.8 Å². The zero-order chi connectivity index (χ0) is 34.6. The van der Waals surface area contributed by atoms with Crippen molar-refractivity contribution in [1.29, 1.82) is 0 Å². The van der Waals surface area contributed by atoms with Crippen molar-refractivity contribution in [2.24, 2.45) is 0 Å². The number of para-hydroxylation sites is 4. The Kier molecular flexibility index (Phi) is 5.71. The molecule has 4 aromatic heterocycles. The Labute approximate surface area is 302 Å². The Bertz CT molecular complexity index is 3460. The predicted molar refractivity (Wildman–Crippen MR) is 217 cm³/mol. The molecule has 0 N–H and O–H groups in total. The standard InChI is InChI=1S/C48H27N3O2/c1-2-13-28(14-3-1)37-27-42-43(31-17-5-4-15-29(31)37)35-25-26-40-44(47(35)53-42)34-19-7-10-23-39(34)51(40)48-49-38-22-9-6-18-33(38)45(50-48)36-21-12-20-32-30-16-8-11-24-41(30)52-46(32)36/h1-27H. The molecule has 0 spiro atoms. The minimum atomic E-state index is 0.588. The number of furan rings is 2. The summed E-state index contributed by atoms with van der Waals surface area (Å²) in [5.41, 5.74) is 10.3. The second-order valence-corrected chi connectivity index (χ2v) is 13.7. The fourth-order valence-electron chi connectivity index (χ4n) is 8.52. The molecule has 246 valence electrons. The molecule has 0 aliphatic rings. The third-order valence-electron chi connectivity index (χ3n) is 10.8. The minimum absolute atomic E-state index is 0.588. The lowest BCUT2D eigenvalue weighted by Gasteiger charge is -2.12. The molecule has 0 amide bonds. The molecule has 4 heterocycles. The second kappa shape index (κ2) is 10.6. The summed E-state index contributed by atoms with van der Waals surface area (Å²) in [6, 6.07) is 57.0. The third-order valence-corrected chi connectivity index (χ3v) is 10.8. The van der Waals surface area contributed by atoms with Crippen molar-refractivity contribution in [3.8, 4) is 28.3 Å². The molecule has 12 aromatic rings. The second-order valence-electron chi connectivity index (χ2n) is 13.7. The van der Waals surface area contributed by atoms with Crippen molar-refractivity contribution in [2.75, 3.05) is 0 Å². The van der Waals surface area contributed by atoms with Crippen molar-refractivity contribution in [3.05, 3.63) is 164 Å². The molecule has 0 saturated heterocycles. The van der Waals surface area contributed by atoms with Gasteiger partial charge in [-0.3, -0.25) is 4.57 Å². The number of hydrogen-bond donors (Lipinski definition) is 0. The van der Waals surface area contributed by atoms with Crippen molar-refractivity contribution >= 4 is 87.4 Å². The Morgan fingerprint density at radius 3 is 1.98 bits per heavy atom. The van der Waals surface area contributed by atoms with Crippen molar-refractivity contribution in [1.82, 2.24) is 14.5 Å². The number of fused-ring (bicyclic) bond motifs is 13. The van der Waals surface area contributed by atoms with Gasteiger partial charge in [0.2, 0.25) is 5.95 Å². The first-order chi connectivity index (χ1) is 26.3.